The maximum Gasteiger partial charge on any atom is 0.144 e. The van der Waals surface area contributed by atoms with Crippen LogP contribution in [-0.2, 0) is 0 Å². The van der Waals surface area contributed by atoms with Crippen molar-refractivity contribution in [1.29, 1.82) is 0 Å². The minimum atomic E-state index is 0.926. The van der Waals surface area contributed by atoms with E-state index < -0.39 is 0 Å². The Hall–Kier alpha value is -5.18. The summed E-state index contributed by atoms with van der Waals surface area (Å²) in [5, 5.41) is 8.57. The Bertz CT molecular complexity index is 2390. The van der Waals surface area contributed by atoms with Gasteiger partial charge in [0.05, 0.1) is 0 Å². The molecule has 9 rings (SSSR count). The second-order valence-corrected chi connectivity index (χ2v) is 11.8. The summed E-state index contributed by atoms with van der Waals surface area (Å²) in [6.45, 7) is 0. The normalized spacial score (nSPS) is 11.8. The second-order valence-electron chi connectivity index (χ2n) is 10.8. The van der Waals surface area contributed by atoms with Crippen LogP contribution in [-0.4, -0.2) is 0 Å². The third-order valence-corrected chi connectivity index (χ3v) is 9.65. The van der Waals surface area contributed by atoms with Gasteiger partial charge in [-0.3, -0.25) is 0 Å². The van der Waals surface area contributed by atoms with E-state index in [0.29, 0.717) is 0 Å². The van der Waals surface area contributed by atoms with Crippen molar-refractivity contribution in [3.8, 4) is 32.7 Å². The number of furan rings is 1. The number of hydrogen-bond acceptors (Lipinski definition) is 2. The maximum atomic E-state index is 6.64. The lowest BCUT2D eigenvalue weighted by Gasteiger charge is -2.18. The Morgan fingerprint density at radius 2 is 0.881 bits per heavy atom. The van der Waals surface area contributed by atoms with E-state index in [1.807, 2.05) is 17.4 Å². The zero-order chi connectivity index (χ0) is 27.6. The molecule has 2 aromatic heterocycles. The lowest BCUT2D eigenvalue weighted by atomic mass is 9.86. The van der Waals surface area contributed by atoms with Gasteiger partial charge in [0, 0.05) is 36.9 Å². The van der Waals surface area contributed by atoms with Gasteiger partial charge in [0.2, 0.25) is 0 Å². The molecule has 0 aliphatic heterocycles. The van der Waals surface area contributed by atoms with Gasteiger partial charge in [0.1, 0.15) is 11.2 Å². The number of para-hydroxylation sites is 1. The second kappa shape index (κ2) is 9.17. The molecule has 0 bridgehead atoms. The third-order valence-electron chi connectivity index (χ3n) is 8.48. The van der Waals surface area contributed by atoms with Gasteiger partial charge in [0.25, 0.3) is 0 Å². The van der Waals surface area contributed by atoms with Crippen LogP contribution in [0.2, 0.25) is 0 Å². The van der Waals surface area contributed by atoms with Crippen LogP contribution in [0.1, 0.15) is 0 Å². The Balaban J connectivity index is 1.49. The van der Waals surface area contributed by atoms with Gasteiger partial charge in [-0.2, -0.15) is 0 Å². The fraction of sp³-hybridized carbons (Fsp3) is 0. The van der Waals surface area contributed by atoms with Crippen LogP contribution >= 0.6 is 11.3 Å². The number of thiophene rings is 1. The summed E-state index contributed by atoms with van der Waals surface area (Å²) in [6, 6.07) is 52.3. The quantitative estimate of drug-likeness (QED) is 0.199. The smallest absolute Gasteiger partial charge is 0.144 e. The molecule has 0 aliphatic rings. The average Bonchev–Trinajstić information content (AvgIpc) is 3.63. The van der Waals surface area contributed by atoms with Crippen molar-refractivity contribution in [3.63, 3.8) is 0 Å². The van der Waals surface area contributed by atoms with Crippen molar-refractivity contribution in [1.82, 2.24) is 0 Å². The fourth-order valence-electron chi connectivity index (χ4n) is 6.71. The van der Waals surface area contributed by atoms with Gasteiger partial charge in [-0.1, -0.05) is 127 Å². The first-order valence-corrected chi connectivity index (χ1v) is 15.1. The van der Waals surface area contributed by atoms with Crippen molar-refractivity contribution in [2.75, 3.05) is 0 Å². The Kier molecular flexibility index (Phi) is 5.13. The van der Waals surface area contributed by atoms with Gasteiger partial charge >= 0.3 is 0 Å². The molecule has 0 spiro atoms. The van der Waals surface area contributed by atoms with Crippen molar-refractivity contribution >= 4 is 64.9 Å². The summed E-state index contributed by atoms with van der Waals surface area (Å²) in [5.41, 5.74) is 8.13. The van der Waals surface area contributed by atoms with Crippen molar-refractivity contribution < 1.29 is 4.42 Å². The minimum Gasteiger partial charge on any atom is -0.455 e. The molecule has 0 unspecified atom stereocenters. The molecular formula is C40H24OS. The lowest BCUT2D eigenvalue weighted by molar-refractivity contribution is 0.673. The Morgan fingerprint density at radius 1 is 0.381 bits per heavy atom. The minimum absolute atomic E-state index is 0.926. The zero-order valence-electron chi connectivity index (χ0n) is 22.7. The van der Waals surface area contributed by atoms with E-state index in [1.54, 1.807) is 0 Å². The van der Waals surface area contributed by atoms with Crippen LogP contribution in [0.25, 0.3) is 86.3 Å². The summed E-state index contributed by atoms with van der Waals surface area (Å²) in [6.07, 6.45) is 0. The third kappa shape index (κ3) is 3.36. The average molecular weight is 553 g/mol. The van der Waals surface area contributed by atoms with Gasteiger partial charge in [-0.05, 0) is 56.4 Å². The van der Waals surface area contributed by atoms with Crippen LogP contribution in [0.3, 0.4) is 0 Å². The SMILES string of the molecule is c1ccc(-c2c3ccccc3c(-c3sc4ccc5c6ccccc6oc5c4c3-c3ccccc3)c3ccccc23)cc1. The molecule has 42 heavy (non-hydrogen) atoms. The molecule has 2 heterocycles. The summed E-state index contributed by atoms with van der Waals surface area (Å²) in [4.78, 5) is 1.27. The van der Waals surface area contributed by atoms with E-state index in [4.69, 9.17) is 4.42 Å². The molecule has 196 valence electrons. The van der Waals surface area contributed by atoms with Gasteiger partial charge < -0.3 is 4.42 Å². The molecule has 7 aromatic carbocycles. The molecule has 1 nitrogen and oxygen atoms in total. The first kappa shape index (κ1) is 23.5. The summed E-state index contributed by atoms with van der Waals surface area (Å²) >= 11 is 1.87. The van der Waals surface area contributed by atoms with Crippen molar-refractivity contribution in [2.45, 2.75) is 0 Å². The molecule has 2 heteroatoms. The molecule has 0 saturated heterocycles. The molecule has 0 radical (unpaired) electrons. The number of fused-ring (bicyclic) bond motifs is 7. The monoisotopic (exact) mass is 552 g/mol. The summed E-state index contributed by atoms with van der Waals surface area (Å²) in [5.74, 6) is 0. The summed E-state index contributed by atoms with van der Waals surface area (Å²) < 4.78 is 7.87. The molecule has 0 saturated carbocycles. The van der Waals surface area contributed by atoms with E-state index in [2.05, 4.69) is 140 Å². The maximum absolute atomic E-state index is 6.64. The molecule has 0 amide bonds. The van der Waals surface area contributed by atoms with Gasteiger partial charge in [-0.25, -0.2) is 0 Å². The molecule has 0 aliphatic carbocycles. The highest BCUT2D eigenvalue weighted by molar-refractivity contribution is 7.23. The van der Waals surface area contributed by atoms with E-state index in [-0.39, 0.29) is 0 Å². The van der Waals surface area contributed by atoms with E-state index >= 15 is 0 Å². The topological polar surface area (TPSA) is 13.1 Å². The number of rotatable bonds is 3. The highest BCUT2D eigenvalue weighted by Gasteiger charge is 2.24. The van der Waals surface area contributed by atoms with Gasteiger partial charge in [0.15, 0.2) is 0 Å². The molecule has 0 atom stereocenters. The molecule has 0 fully saturated rings. The lowest BCUT2D eigenvalue weighted by Crippen LogP contribution is -1.90. The number of hydrogen-bond donors (Lipinski definition) is 0. The highest BCUT2D eigenvalue weighted by atomic mass is 32.1. The Labute approximate surface area is 246 Å². The van der Waals surface area contributed by atoms with Crippen molar-refractivity contribution in [3.05, 3.63) is 146 Å². The van der Waals surface area contributed by atoms with Crippen LogP contribution < -0.4 is 0 Å². The standard InChI is InChI=1S/C40H24OS/c1-3-13-25(14-4-1)35-28-18-7-9-20-30(28)37(31-21-10-8-19-29(31)35)40-36(26-15-5-2-6-16-26)38-34(42-40)24-23-32-27-17-11-12-22-33(27)41-39(32)38/h1-24H. The number of benzene rings is 7. The highest BCUT2D eigenvalue weighted by Crippen LogP contribution is 2.53. The Morgan fingerprint density at radius 3 is 1.50 bits per heavy atom. The largest absolute Gasteiger partial charge is 0.455 e. The van der Waals surface area contributed by atoms with Crippen molar-refractivity contribution in [2.24, 2.45) is 0 Å². The first-order valence-electron chi connectivity index (χ1n) is 14.3. The van der Waals surface area contributed by atoms with E-state index in [9.17, 15) is 0 Å². The molecule has 0 N–H and O–H groups in total. The van der Waals surface area contributed by atoms with E-state index in [1.165, 1.54) is 64.3 Å². The predicted octanol–water partition coefficient (Wildman–Crippen LogP) is 12.1. The van der Waals surface area contributed by atoms with Crippen LogP contribution in [0.4, 0.5) is 0 Å². The molecular weight excluding hydrogens is 529 g/mol. The van der Waals surface area contributed by atoms with Crippen LogP contribution in [0, 0.1) is 0 Å². The summed E-state index contributed by atoms with van der Waals surface area (Å²) in [7, 11) is 0. The van der Waals surface area contributed by atoms with E-state index in [0.717, 1.165) is 21.9 Å². The first-order chi connectivity index (χ1) is 20.9. The fourth-order valence-corrected chi connectivity index (χ4v) is 8.01. The van der Waals surface area contributed by atoms with Crippen LogP contribution in [0.5, 0.6) is 0 Å². The molecule has 9 aromatic rings. The van der Waals surface area contributed by atoms with Gasteiger partial charge in [-0.15, -0.1) is 11.3 Å². The zero-order valence-corrected chi connectivity index (χ0v) is 23.5. The van der Waals surface area contributed by atoms with Crippen LogP contribution in [0.15, 0.2) is 150 Å². The predicted molar refractivity (Wildman–Crippen MR) is 180 cm³/mol.